The molecule has 3 unspecified atom stereocenters. The Balaban J connectivity index is 2.42. The zero-order valence-electron chi connectivity index (χ0n) is 32.0. The highest BCUT2D eigenvalue weighted by Gasteiger charge is 2.31. The summed E-state index contributed by atoms with van der Waals surface area (Å²) >= 11 is 0. The van der Waals surface area contributed by atoms with Gasteiger partial charge in [-0.05, 0) is 69.1 Å². The monoisotopic (exact) mass is 679 g/mol. The molecule has 0 aromatic heterocycles. The van der Waals surface area contributed by atoms with E-state index in [1.807, 2.05) is 0 Å². The summed E-state index contributed by atoms with van der Waals surface area (Å²) in [6.45, 7) is 8.29. The summed E-state index contributed by atoms with van der Waals surface area (Å²) < 4.78 is 16.7. The van der Waals surface area contributed by atoms with Gasteiger partial charge in [-0.2, -0.15) is 0 Å². The second-order valence-corrected chi connectivity index (χ2v) is 14.8. The highest BCUT2D eigenvalue weighted by Crippen LogP contribution is 2.41. The lowest BCUT2D eigenvalue weighted by Crippen LogP contribution is -2.27. The smallest absolute Gasteiger partial charge is 0.305 e. The Morgan fingerprint density at radius 2 is 0.750 bits per heavy atom. The molecule has 1 saturated carbocycles. The van der Waals surface area contributed by atoms with Crippen LogP contribution in [0.5, 0.6) is 0 Å². The molecule has 48 heavy (non-hydrogen) atoms. The predicted octanol–water partition coefficient (Wildman–Crippen LogP) is 12.2. The normalized spacial score (nSPS) is 17.7. The van der Waals surface area contributed by atoms with Crippen molar-refractivity contribution in [3.63, 3.8) is 0 Å². The summed E-state index contributed by atoms with van der Waals surface area (Å²) in [5, 5.41) is 0. The molecule has 0 saturated heterocycles. The summed E-state index contributed by atoms with van der Waals surface area (Å²) in [5.74, 6) is 0.995. The number of ether oxygens (including phenoxy) is 3. The Kier molecular flexibility index (Phi) is 30.2. The first kappa shape index (κ1) is 44.4. The fraction of sp³-hybridized carbons (Fsp3) is 0.929. The third kappa shape index (κ3) is 26.3. The first-order chi connectivity index (χ1) is 23.5. The van der Waals surface area contributed by atoms with Crippen molar-refractivity contribution in [3.05, 3.63) is 0 Å². The van der Waals surface area contributed by atoms with Gasteiger partial charge >= 0.3 is 17.9 Å². The molecule has 0 aliphatic heterocycles. The number of hydrogen-bond donors (Lipinski definition) is 0. The van der Waals surface area contributed by atoms with Crippen LogP contribution >= 0.6 is 0 Å². The van der Waals surface area contributed by atoms with Crippen LogP contribution in [-0.4, -0.2) is 37.7 Å². The summed E-state index contributed by atoms with van der Waals surface area (Å²) in [7, 11) is 0. The van der Waals surface area contributed by atoms with Crippen molar-refractivity contribution >= 4 is 17.9 Å². The molecule has 0 bridgehead atoms. The second kappa shape index (κ2) is 32.6. The number of carbonyl (C=O) groups excluding carboxylic acids is 3. The van der Waals surface area contributed by atoms with E-state index in [9.17, 15) is 14.4 Å². The van der Waals surface area contributed by atoms with Gasteiger partial charge in [0.2, 0.25) is 0 Å². The van der Waals surface area contributed by atoms with Crippen LogP contribution in [0.25, 0.3) is 0 Å². The number of rotatable bonds is 33. The van der Waals surface area contributed by atoms with E-state index in [0.29, 0.717) is 56.8 Å². The minimum Gasteiger partial charge on any atom is -0.466 e. The maximum Gasteiger partial charge on any atom is 0.305 e. The maximum atomic E-state index is 12.6. The molecule has 6 nitrogen and oxygen atoms in total. The first-order valence-corrected chi connectivity index (χ1v) is 21.0. The fourth-order valence-corrected chi connectivity index (χ4v) is 7.30. The minimum absolute atomic E-state index is 0.0719. The van der Waals surface area contributed by atoms with E-state index in [4.69, 9.17) is 14.2 Å². The fourth-order valence-electron chi connectivity index (χ4n) is 7.30. The first-order valence-electron chi connectivity index (χ1n) is 21.0. The van der Waals surface area contributed by atoms with Gasteiger partial charge < -0.3 is 14.2 Å². The zero-order valence-corrected chi connectivity index (χ0v) is 32.0. The molecule has 0 heterocycles. The standard InChI is InChI=1S/C42H78O6/c1-4-7-10-13-16-19-22-33-46-40(43)30-26-37-25-27-38(28-31-41(44)47-34-23-20-17-14-11-8-5-2)39(36-37)29-32-42(45)48-35-24-21-18-15-12-9-6-3/h37-39H,4-36H2,1-3H3. The molecule has 0 spiro atoms. The quantitative estimate of drug-likeness (QED) is 0.0390. The summed E-state index contributed by atoms with van der Waals surface area (Å²) in [5.41, 5.74) is 0. The Bertz CT molecular complexity index is 767. The number of carbonyl (C=O) groups is 3. The summed E-state index contributed by atoms with van der Waals surface area (Å²) in [6, 6.07) is 0. The number of unbranched alkanes of at least 4 members (excludes halogenated alkanes) is 18. The molecule has 1 aliphatic rings. The molecule has 0 amide bonds. The maximum absolute atomic E-state index is 12.6. The Labute approximate surface area is 297 Å². The molecule has 1 aliphatic carbocycles. The third-order valence-electron chi connectivity index (χ3n) is 10.5. The van der Waals surface area contributed by atoms with Gasteiger partial charge in [-0.3, -0.25) is 14.4 Å². The van der Waals surface area contributed by atoms with Gasteiger partial charge in [0, 0.05) is 19.3 Å². The van der Waals surface area contributed by atoms with Crippen LogP contribution in [0, 0.1) is 17.8 Å². The van der Waals surface area contributed by atoms with Crippen LogP contribution in [0.3, 0.4) is 0 Å². The van der Waals surface area contributed by atoms with Gasteiger partial charge in [-0.1, -0.05) is 143 Å². The Hall–Kier alpha value is -1.59. The average molecular weight is 679 g/mol. The van der Waals surface area contributed by atoms with Crippen LogP contribution in [-0.2, 0) is 28.6 Å². The van der Waals surface area contributed by atoms with Crippen LogP contribution in [0.2, 0.25) is 0 Å². The lowest BCUT2D eigenvalue weighted by Gasteiger charge is -2.36. The molecule has 6 heteroatoms. The zero-order chi connectivity index (χ0) is 34.9. The molecule has 282 valence electrons. The van der Waals surface area contributed by atoms with E-state index in [1.165, 1.54) is 96.3 Å². The lowest BCUT2D eigenvalue weighted by atomic mass is 9.69. The summed E-state index contributed by atoms with van der Waals surface area (Å²) in [4.78, 5) is 37.6. The topological polar surface area (TPSA) is 78.9 Å². The van der Waals surface area contributed by atoms with Crippen molar-refractivity contribution in [1.29, 1.82) is 0 Å². The van der Waals surface area contributed by atoms with E-state index < -0.39 is 0 Å². The van der Waals surface area contributed by atoms with Crippen LogP contribution in [0.4, 0.5) is 0 Å². The van der Waals surface area contributed by atoms with E-state index >= 15 is 0 Å². The van der Waals surface area contributed by atoms with E-state index in [1.54, 1.807) is 0 Å². The van der Waals surface area contributed by atoms with Crippen LogP contribution in [0.15, 0.2) is 0 Å². The van der Waals surface area contributed by atoms with Crippen molar-refractivity contribution in [2.24, 2.45) is 17.8 Å². The van der Waals surface area contributed by atoms with Gasteiger partial charge in [-0.15, -0.1) is 0 Å². The molecule has 0 N–H and O–H groups in total. The summed E-state index contributed by atoms with van der Waals surface area (Å²) in [6.07, 6.45) is 32.3. The van der Waals surface area contributed by atoms with E-state index in [0.717, 1.165) is 77.0 Å². The second-order valence-electron chi connectivity index (χ2n) is 14.8. The molecule has 0 radical (unpaired) electrons. The minimum atomic E-state index is -0.0927. The highest BCUT2D eigenvalue weighted by atomic mass is 16.5. The molecular weight excluding hydrogens is 600 g/mol. The van der Waals surface area contributed by atoms with Crippen LogP contribution in [0.1, 0.15) is 213 Å². The van der Waals surface area contributed by atoms with Crippen LogP contribution < -0.4 is 0 Å². The molecule has 3 atom stereocenters. The predicted molar refractivity (Wildman–Crippen MR) is 199 cm³/mol. The SMILES string of the molecule is CCCCCCCCCOC(=O)CCC1CCC(CCC(=O)OCCCCCCCCC)C(CCC(=O)OCCCCCCCCC)C1. The number of hydrogen-bond acceptors (Lipinski definition) is 6. The van der Waals surface area contributed by atoms with Crippen molar-refractivity contribution in [2.75, 3.05) is 19.8 Å². The molecule has 0 aromatic carbocycles. The van der Waals surface area contributed by atoms with E-state index in [2.05, 4.69) is 20.8 Å². The van der Waals surface area contributed by atoms with Gasteiger partial charge in [0.05, 0.1) is 19.8 Å². The van der Waals surface area contributed by atoms with Gasteiger partial charge in [0.25, 0.3) is 0 Å². The van der Waals surface area contributed by atoms with E-state index in [-0.39, 0.29) is 17.9 Å². The Morgan fingerprint density at radius 3 is 1.15 bits per heavy atom. The Morgan fingerprint density at radius 1 is 0.417 bits per heavy atom. The van der Waals surface area contributed by atoms with Crippen molar-refractivity contribution < 1.29 is 28.6 Å². The number of esters is 3. The largest absolute Gasteiger partial charge is 0.466 e. The molecule has 1 rings (SSSR count). The van der Waals surface area contributed by atoms with Crippen molar-refractivity contribution in [1.82, 2.24) is 0 Å². The van der Waals surface area contributed by atoms with Crippen molar-refractivity contribution in [3.8, 4) is 0 Å². The third-order valence-corrected chi connectivity index (χ3v) is 10.5. The van der Waals surface area contributed by atoms with Gasteiger partial charge in [-0.25, -0.2) is 0 Å². The lowest BCUT2D eigenvalue weighted by molar-refractivity contribution is -0.146. The highest BCUT2D eigenvalue weighted by molar-refractivity contribution is 5.70. The molecule has 1 fully saturated rings. The average Bonchev–Trinajstić information content (AvgIpc) is 3.09. The van der Waals surface area contributed by atoms with Crippen molar-refractivity contribution in [2.45, 2.75) is 213 Å². The molecule has 0 aromatic rings. The van der Waals surface area contributed by atoms with Gasteiger partial charge in [0.1, 0.15) is 0 Å². The molecular formula is C42H78O6. The van der Waals surface area contributed by atoms with Gasteiger partial charge in [0.15, 0.2) is 0 Å².